The predicted molar refractivity (Wildman–Crippen MR) is 95.4 cm³/mol. The molecule has 0 bridgehead atoms. The maximum atomic E-state index is 13.0. The van der Waals surface area contributed by atoms with Crippen molar-refractivity contribution in [2.75, 3.05) is 0 Å². The van der Waals surface area contributed by atoms with Crippen LogP contribution in [-0.2, 0) is 6.18 Å². The van der Waals surface area contributed by atoms with Crippen LogP contribution in [0.3, 0.4) is 0 Å². The second kappa shape index (κ2) is 5.30. The quantitative estimate of drug-likeness (QED) is 0.429. The number of halogens is 3. The fraction of sp³-hybridized carbons (Fsp3) is 0.0476. The van der Waals surface area contributed by atoms with Crippen LogP contribution in [0.25, 0.3) is 33.5 Å². The summed E-state index contributed by atoms with van der Waals surface area (Å²) >= 11 is 0. The predicted octanol–water partition coefficient (Wildman–Crippen LogP) is 5.46. The molecule has 6 heteroatoms. The van der Waals surface area contributed by atoms with Crippen LogP contribution in [0.4, 0.5) is 13.2 Å². The zero-order chi connectivity index (χ0) is 18.8. The third-order valence-corrected chi connectivity index (χ3v) is 4.81. The second-order valence-corrected chi connectivity index (χ2v) is 6.42. The largest absolute Gasteiger partial charge is 0.416 e. The van der Waals surface area contributed by atoms with Crippen molar-refractivity contribution in [2.45, 2.75) is 6.18 Å². The van der Waals surface area contributed by atoms with Gasteiger partial charge in [0.1, 0.15) is 5.82 Å². The number of nitrogens with zero attached hydrogens (tertiary/aromatic N) is 1. The Hall–Kier alpha value is -3.41. The van der Waals surface area contributed by atoms with Crippen LogP contribution >= 0.6 is 0 Å². The summed E-state index contributed by atoms with van der Waals surface area (Å²) in [6, 6.07) is 16.0. The highest BCUT2D eigenvalue weighted by molar-refractivity contribution is 6.23. The van der Waals surface area contributed by atoms with Crippen molar-refractivity contribution in [3.63, 3.8) is 0 Å². The van der Waals surface area contributed by atoms with E-state index in [-0.39, 0.29) is 5.78 Å². The Morgan fingerprint density at radius 1 is 0.815 bits per heavy atom. The fourth-order valence-electron chi connectivity index (χ4n) is 3.59. The first kappa shape index (κ1) is 15.8. The molecule has 1 aliphatic rings. The summed E-state index contributed by atoms with van der Waals surface area (Å²) in [7, 11) is 0. The first-order chi connectivity index (χ1) is 12.9. The lowest BCUT2D eigenvalue weighted by atomic mass is 9.99. The Morgan fingerprint density at radius 2 is 1.52 bits per heavy atom. The molecule has 1 heterocycles. The third kappa shape index (κ3) is 2.30. The number of aromatic nitrogens is 2. The van der Waals surface area contributed by atoms with Gasteiger partial charge >= 0.3 is 6.18 Å². The number of aromatic amines is 1. The van der Waals surface area contributed by atoms with Crippen molar-refractivity contribution in [1.29, 1.82) is 0 Å². The summed E-state index contributed by atoms with van der Waals surface area (Å²) in [5, 5.41) is 0. The van der Waals surface area contributed by atoms with Crippen LogP contribution in [0.15, 0.2) is 60.7 Å². The van der Waals surface area contributed by atoms with Crippen LogP contribution in [0.2, 0.25) is 0 Å². The van der Waals surface area contributed by atoms with Crippen molar-refractivity contribution < 1.29 is 18.0 Å². The van der Waals surface area contributed by atoms with Crippen LogP contribution in [-0.4, -0.2) is 15.8 Å². The Bertz CT molecular complexity index is 1240. The van der Waals surface area contributed by atoms with Crippen LogP contribution < -0.4 is 0 Å². The second-order valence-electron chi connectivity index (χ2n) is 6.42. The number of hydrogen-bond donors (Lipinski definition) is 1. The minimum absolute atomic E-state index is 0.0575. The van der Waals surface area contributed by atoms with Gasteiger partial charge in [-0.05, 0) is 23.8 Å². The molecule has 0 atom stereocenters. The van der Waals surface area contributed by atoms with Gasteiger partial charge in [0.05, 0.1) is 16.6 Å². The molecule has 0 saturated heterocycles. The lowest BCUT2D eigenvalue weighted by Crippen LogP contribution is -2.04. The average Bonchev–Trinajstić information content (AvgIpc) is 3.21. The summed E-state index contributed by atoms with van der Waals surface area (Å²) < 4.78 is 38.9. The summed E-state index contributed by atoms with van der Waals surface area (Å²) in [5.41, 5.74) is 3.46. The topological polar surface area (TPSA) is 45.8 Å². The van der Waals surface area contributed by atoms with E-state index in [1.54, 1.807) is 18.2 Å². The fourth-order valence-corrected chi connectivity index (χ4v) is 3.59. The summed E-state index contributed by atoms with van der Waals surface area (Å²) in [6.45, 7) is 0. The van der Waals surface area contributed by atoms with E-state index < -0.39 is 11.7 Å². The summed E-state index contributed by atoms with van der Waals surface area (Å²) in [4.78, 5) is 20.1. The van der Waals surface area contributed by atoms with Crippen molar-refractivity contribution in [1.82, 2.24) is 9.97 Å². The molecule has 0 unspecified atom stereocenters. The molecule has 3 aromatic carbocycles. The van der Waals surface area contributed by atoms with Gasteiger partial charge in [0.2, 0.25) is 0 Å². The van der Waals surface area contributed by atoms with Crippen molar-refractivity contribution in [3.8, 4) is 22.5 Å². The van der Waals surface area contributed by atoms with E-state index in [4.69, 9.17) is 0 Å². The number of carbonyl (C=O) groups excluding carboxylic acids is 1. The van der Waals surface area contributed by atoms with Crippen LogP contribution in [0, 0.1) is 0 Å². The first-order valence-electron chi connectivity index (χ1n) is 8.28. The van der Waals surface area contributed by atoms with Gasteiger partial charge in [0, 0.05) is 22.3 Å². The standard InChI is InChI=1S/C21H11F3N2O/c22-21(23,24)11-8-9-16-17(10-11)26-20(25-16)15-7-3-6-14-18(15)12-4-1-2-5-13(12)19(14)27/h1-10H,(H,25,26). The Labute approximate surface area is 151 Å². The number of fused-ring (bicyclic) bond motifs is 4. The lowest BCUT2D eigenvalue weighted by Gasteiger charge is -2.06. The van der Waals surface area contributed by atoms with E-state index in [9.17, 15) is 18.0 Å². The number of H-pyrrole nitrogens is 1. The number of carbonyl (C=O) groups is 1. The van der Waals surface area contributed by atoms with Crippen LogP contribution in [0.5, 0.6) is 0 Å². The molecule has 1 aliphatic carbocycles. The van der Waals surface area contributed by atoms with Crippen molar-refractivity contribution in [3.05, 3.63) is 77.4 Å². The summed E-state index contributed by atoms with van der Waals surface area (Å²) in [5.74, 6) is 0.378. The Morgan fingerprint density at radius 3 is 2.30 bits per heavy atom. The molecule has 0 amide bonds. The van der Waals surface area contributed by atoms with E-state index in [2.05, 4.69) is 9.97 Å². The number of imidazole rings is 1. The molecule has 132 valence electrons. The highest BCUT2D eigenvalue weighted by Crippen LogP contribution is 2.42. The van der Waals surface area contributed by atoms with Gasteiger partial charge in [-0.2, -0.15) is 13.2 Å². The molecule has 1 N–H and O–H groups in total. The minimum Gasteiger partial charge on any atom is -0.338 e. The zero-order valence-electron chi connectivity index (χ0n) is 13.8. The monoisotopic (exact) mass is 364 g/mol. The molecule has 1 aromatic heterocycles. The zero-order valence-corrected chi connectivity index (χ0v) is 13.8. The van der Waals surface area contributed by atoms with Crippen LogP contribution in [0.1, 0.15) is 21.5 Å². The first-order valence-corrected chi connectivity index (χ1v) is 8.28. The Kier molecular flexibility index (Phi) is 3.10. The Balaban J connectivity index is 1.73. The van der Waals surface area contributed by atoms with Gasteiger partial charge in [-0.15, -0.1) is 0 Å². The molecule has 27 heavy (non-hydrogen) atoms. The van der Waals surface area contributed by atoms with Gasteiger partial charge in [-0.1, -0.05) is 42.5 Å². The number of hydrogen-bond acceptors (Lipinski definition) is 2. The normalized spacial score (nSPS) is 13.1. The molecule has 0 radical (unpaired) electrons. The molecule has 0 aliphatic heterocycles. The van der Waals surface area contributed by atoms with E-state index in [1.165, 1.54) is 6.07 Å². The molecular weight excluding hydrogens is 353 g/mol. The van der Waals surface area contributed by atoms with Gasteiger partial charge in [-0.3, -0.25) is 4.79 Å². The number of benzene rings is 3. The number of rotatable bonds is 1. The van der Waals surface area contributed by atoms with Crippen molar-refractivity contribution >= 4 is 16.8 Å². The van der Waals surface area contributed by atoms with E-state index >= 15 is 0 Å². The van der Waals surface area contributed by atoms with Crippen molar-refractivity contribution in [2.24, 2.45) is 0 Å². The van der Waals surface area contributed by atoms with Gasteiger partial charge < -0.3 is 4.98 Å². The molecule has 0 spiro atoms. The molecule has 0 fully saturated rings. The lowest BCUT2D eigenvalue weighted by molar-refractivity contribution is -0.137. The molecule has 3 nitrogen and oxygen atoms in total. The minimum atomic E-state index is -4.42. The maximum absolute atomic E-state index is 13.0. The molecule has 4 aromatic rings. The van der Waals surface area contributed by atoms with E-state index in [0.717, 1.165) is 23.3 Å². The molecular formula is C21H11F3N2O. The highest BCUT2D eigenvalue weighted by atomic mass is 19.4. The smallest absolute Gasteiger partial charge is 0.338 e. The van der Waals surface area contributed by atoms with E-state index in [0.29, 0.717) is 33.5 Å². The SMILES string of the molecule is O=C1c2ccccc2-c2c1cccc2-c1nc2ccc(C(F)(F)F)cc2[nH]1. The average molecular weight is 364 g/mol. The maximum Gasteiger partial charge on any atom is 0.416 e. The number of ketones is 1. The highest BCUT2D eigenvalue weighted by Gasteiger charge is 2.32. The number of nitrogens with one attached hydrogen (secondary N) is 1. The molecule has 5 rings (SSSR count). The molecule has 0 saturated carbocycles. The van der Waals surface area contributed by atoms with Gasteiger partial charge in [-0.25, -0.2) is 4.98 Å². The van der Waals surface area contributed by atoms with Gasteiger partial charge in [0.15, 0.2) is 5.78 Å². The van der Waals surface area contributed by atoms with E-state index in [1.807, 2.05) is 24.3 Å². The van der Waals surface area contributed by atoms with Gasteiger partial charge in [0.25, 0.3) is 0 Å². The number of alkyl halides is 3. The summed E-state index contributed by atoms with van der Waals surface area (Å²) in [6.07, 6.45) is -4.42. The third-order valence-electron chi connectivity index (χ3n) is 4.81.